The van der Waals surface area contributed by atoms with E-state index < -0.39 is 0 Å². The van der Waals surface area contributed by atoms with Crippen LogP contribution in [0.3, 0.4) is 0 Å². The summed E-state index contributed by atoms with van der Waals surface area (Å²) in [5.74, 6) is 1.72. The molecule has 0 heterocycles. The minimum Gasteiger partial charge on any atom is -0.493 e. The highest BCUT2D eigenvalue weighted by atomic mass is 16.5. The summed E-state index contributed by atoms with van der Waals surface area (Å²) < 4.78 is 5.94. The van der Waals surface area contributed by atoms with E-state index in [0.29, 0.717) is 5.92 Å². The molecular formula is C20H31NO. The van der Waals surface area contributed by atoms with Crippen molar-refractivity contribution in [2.24, 2.45) is 5.92 Å². The maximum Gasteiger partial charge on any atom is 0.123 e. The van der Waals surface area contributed by atoms with E-state index in [4.69, 9.17) is 4.74 Å². The van der Waals surface area contributed by atoms with Crippen LogP contribution >= 0.6 is 0 Å². The van der Waals surface area contributed by atoms with Crippen molar-refractivity contribution < 1.29 is 4.74 Å². The lowest BCUT2D eigenvalue weighted by Gasteiger charge is -2.15. The molecule has 0 saturated heterocycles. The normalized spacial score (nSPS) is 15.0. The van der Waals surface area contributed by atoms with Gasteiger partial charge in [-0.3, -0.25) is 0 Å². The molecule has 1 aromatic carbocycles. The van der Waals surface area contributed by atoms with Gasteiger partial charge in [0.1, 0.15) is 5.75 Å². The molecule has 1 aliphatic rings. The molecule has 22 heavy (non-hydrogen) atoms. The van der Waals surface area contributed by atoms with Gasteiger partial charge in [-0.25, -0.2) is 0 Å². The Bertz CT molecular complexity index is 465. The number of rotatable bonds is 9. The lowest BCUT2D eigenvalue weighted by molar-refractivity contribution is 0.286. The van der Waals surface area contributed by atoms with Crippen LogP contribution in [-0.4, -0.2) is 13.2 Å². The molecule has 0 aromatic heterocycles. The second-order valence-corrected chi connectivity index (χ2v) is 6.67. The molecule has 0 amide bonds. The highest BCUT2D eigenvalue weighted by molar-refractivity contribution is 5.33. The Balaban J connectivity index is 1.73. The molecule has 0 atom stereocenters. The van der Waals surface area contributed by atoms with Gasteiger partial charge in [0, 0.05) is 12.1 Å². The van der Waals surface area contributed by atoms with E-state index in [1.165, 1.54) is 37.7 Å². The Labute approximate surface area is 136 Å². The van der Waals surface area contributed by atoms with Crippen LogP contribution in [0.5, 0.6) is 5.75 Å². The maximum atomic E-state index is 5.94. The molecule has 2 heteroatoms. The quantitative estimate of drug-likeness (QED) is 0.506. The molecule has 2 rings (SSSR count). The minimum absolute atomic E-state index is 0.689. The van der Waals surface area contributed by atoms with Gasteiger partial charge in [0.2, 0.25) is 0 Å². The monoisotopic (exact) mass is 301 g/mol. The molecule has 0 radical (unpaired) electrons. The topological polar surface area (TPSA) is 21.3 Å². The van der Waals surface area contributed by atoms with Crippen LogP contribution in [0.4, 0.5) is 0 Å². The van der Waals surface area contributed by atoms with Crippen LogP contribution in [0.15, 0.2) is 35.9 Å². The number of hydrogen-bond donors (Lipinski definition) is 1. The average Bonchev–Trinajstić information content (AvgIpc) is 2.53. The summed E-state index contributed by atoms with van der Waals surface area (Å²) in [6, 6.07) is 8.40. The number of ether oxygens (including phenoxy) is 1. The summed E-state index contributed by atoms with van der Waals surface area (Å²) in [7, 11) is 0. The van der Waals surface area contributed by atoms with Crippen molar-refractivity contribution >= 4 is 0 Å². The molecule has 1 aliphatic carbocycles. The molecule has 0 unspecified atom stereocenters. The summed E-state index contributed by atoms with van der Waals surface area (Å²) in [6.07, 6.45) is 10.1. The van der Waals surface area contributed by atoms with E-state index in [-0.39, 0.29) is 0 Å². The summed E-state index contributed by atoms with van der Waals surface area (Å²) >= 11 is 0. The first-order valence-electron chi connectivity index (χ1n) is 8.85. The van der Waals surface area contributed by atoms with Gasteiger partial charge in [-0.2, -0.15) is 0 Å². The predicted molar refractivity (Wildman–Crippen MR) is 94.3 cm³/mol. The highest BCUT2D eigenvalue weighted by Crippen LogP contribution is 2.20. The second kappa shape index (κ2) is 9.68. The van der Waals surface area contributed by atoms with Crippen LogP contribution in [0, 0.1) is 5.92 Å². The van der Waals surface area contributed by atoms with Crippen molar-refractivity contribution in [3.05, 3.63) is 41.5 Å². The summed E-state index contributed by atoms with van der Waals surface area (Å²) in [5, 5.41) is 3.57. The number of nitrogens with one attached hydrogen (secondary N) is 1. The molecule has 0 saturated carbocycles. The van der Waals surface area contributed by atoms with Gasteiger partial charge in [-0.05, 0) is 57.1 Å². The van der Waals surface area contributed by atoms with Gasteiger partial charge >= 0.3 is 0 Å². The van der Waals surface area contributed by atoms with E-state index in [1.807, 2.05) is 0 Å². The minimum atomic E-state index is 0.689. The smallest absolute Gasteiger partial charge is 0.123 e. The fraction of sp³-hybridized carbons (Fsp3) is 0.600. The zero-order chi connectivity index (χ0) is 15.6. The summed E-state index contributed by atoms with van der Waals surface area (Å²) in [6.45, 7) is 7.23. The first-order valence-corrected chi connectivity index (χ1v) is 8.85. The Morgan fingerprint density at radius 3 is 2.82 bits per heavy atom. The Morgan fingerprint density at radius 2 is 2.05 bits per heavy atom. The standard InChI is InChI=1S/C20H31NO/c1-17(2)13-15-22-20-11-7-6-10-19(20)16-21-14-12-18-8-4-3-5-9-18/h6-8,10-11,17,21H,3-5,9,12-16H2,1-2H3. The highest BCUT2D eigenvalue weighted by Gasteiger charge is 2.05. The Hall–Kier alpha value is -1.28. The number of para-hydroxylation sites is 1. The van der Waals surface area contributed by atoms with Gasteiger partial charge < -0.3 is 10.1 Å². The second-order valence-electron chi connectivity index (χ2n) is 6.67. The third kappa shape index (κ3) is 6.23. The van der Waals surface area contributed by atoms with Crippen LogP contribution < -0.4 is 10.1 Å². The number of allylic oxidation sites excluding steroid dienone is 1. The van der Waals surface area contributed by atoms with Gasteiger partial charge in [-0.15, -0.1) is 0 Å². The fourth-order valence-electron chi connectivity index (χ4n) is 2.80. The molecule has 1 aromatic rings. The van der Waals surface area contributed by atoms with E-state index in [2.05, 4.69) is 49.5 Å². The van der Waals surface area contributed by atoms with Gasteiger partial charge in [0.25, 0.3) is 0 Å². The molecule has 1 N–H and O–H groups in total. The van der Waals surface area contributed by atoms with E-state index >= 15 is 0 Å². The molecule has 0 spiro atoms. The van der Waals surface area contributed by atoms with Crippen LogP contribution in [0.2, 0.25) is 0 Å². The van der Waals surface area contributed by atoms with Crippen LogP contribution in [0.1, 0.15) is 57.9 Å². The van der Waals surface area contributed by atoms with Crippen molar-refractivity contribution in [2.75, 3.05) is 13.2 Å². The van der Waals surface area contributed by atoms with Crippen molar-refractivity contribution in [1.29, 1.82) is 0 Å². The third-order valence-electron chi connectivity index (χ3n) is 4.25. The lowest BCUT2D eigenvalue weighted by atomic mass is 9.97. The largest absolute Gasteiger partial charge is 0.493 e. The first-order chi connectivity index (χ1) is 10.8. The summed E-state index contributed by atoms with van der Waals surface area (Å²) in [5.41, 5.74) is 2.91. The zero-order valence-corrected chi connectivity index (χ0v) is 14.2. The van der Waals surface area contributed by atoms with Crippen molar-refractivity contribution in [3.63, 3.8) is 0 Å². The van der Waals surface area contributed by atoms with E-state index in [1.54, 1.807) is 5.57 Å². The SMILES string of the molecule is CC(C)CCOc1ccccc1CNCCC1=CCCCC1. The van der Waals surface area contributed by atoms with E-state index in [0.717, 1.165) is 31.9 Å². The number of benzene rings is 1. The van der Waals surface area contributed by atoms with Gasteiger partial charge in [0.15, 0.2) is 0 Å². The van der Waals surface area contributed by atoms with E-state index in [9.17, 15) is 0 Å². The summed E-state index contributed by atoms with van der Waals surface area (Å²) in [4.78, 5) is 0. The molecule has 2 nitrogen and oxygen atoms in total. The zero-order valence-electron chi connectivity index (χ0n) is 14.2. The molecule has 0 aliphatic heterocycles. The molecule has 0 fully saturated rings. The maximum absolute atomic E-state index is 5.94. The van der Waals surface area contributed by atoms with Crippen molar-refractivity contribution in [2.45, 2.75) is 58.9 Å². The number of hydrogen-bond acceptors (Lipinski definition) is 2. The molecule has 0 bridgehead atoms. The lowest BCUT2D eigenvalue weighted by Crippen LogP contribution is -2.16. The van der Waals surface area contributed by atoms with Crippen molar-refractivity contribution in [1.82, 2.24) is 5.32 Å². The van der Waals surface area contributed by atoms with Gasteiger partial charge in [0.05, 0.1) is 6.61 Å². The average molecular weight is 301 g/mol. The predicted octanol–water partition coefficient (Wildman–Crippen LogP) is 5.09. The van der Waals surface area contributed by atoms with Crippen LogP contribution in [0.25, 0.3) is 0 Å². The Kier molecular flexibility index (Phi) is 7.51. The third-order valence-corrected chi connectivity index (χ3v) is 4.25. The Morgan fingerprint density at radius 1 is 1.18 bits per heavy atom. The first kappa shape index (κ1) is 17.1. The van der Waals surface area contributed by atoms with Crippen LogP contribution in [-0.2, 0) is 6.54 Å². The van der Waals surface area contributed by atoms with Crippen molar-refractivity contribution in [3.8, 4) is 5.75 Å². The molecular weight excluding hydrogens is 270 g/mol. The molecule has 122 valence electrons. The van der Waals surface area contributed by atoms with Gasteiger partial charge in [-0.1, -0.05) is 43.7 Å². The fourth-order valence-corrected chi connectivity index (χ4v) is 2.80.